The second-order valence-corrected chi connectivity index (χ2v) is 6.22. The molecule has 3 aromatic rings. The van der Waals surface area contributed by atoms with Crippen LogP contribution in [-0.4, -0.2) is 26.4 Å². The van der Waals surface area contributed by atoms with E-state index in [-0.39, 0.29) is 5.91 Å². The van der Waals surface area contributed by atoms with Gasteiger partial charge in [0, 0.05) is 17.9 Å². The van der Waals surface area contributed by atoms with Crippen LogP contribution in [0.25, 0.3) is 5.69 Å². The standard InChI is InChI=1S/C17H18N4O2S/c1-13-19-20-17(21(13)14-6-3-2-4-7-14)24-11-9-16(22)18-12-15-8-5-10-23-15/h2-8,10H,9,11-12H2,1H3,(H,18,22). The highest BCUT2D eigenvalue weighted by Gasteiger charge is 2.12. The highest BCUT2D eigenvalue weighted by Crippen LogP contribution is 2.22. The van der Waals surface area contributed by atoms with Gasteiger partial charge in [-0.25, -0.2) is 0 Å². The Kier molecular flexibility index (Phi) is 5.32. The number of benzene rings is 1. The Bertz CT molecular complexity index is 784. The van der Waals surface area contributed by atoms with Crippen LogP contribution in [0.5, 0.6) is 0 Å². The van der Waals surface area contributed by atoms with Crippen molar-refractivity contribution in [1.29, 1.82) is 0 Å². The molecule has 0 spiro atoms. The van der Waals surface area contributed by atoms with Crippen LogP contribution < -0.4 is 5.32 Å². The Labute approximate surface area is 144 Å². The van der Waals surface area contributed by atoms with E-state index in [2.05, 4.69) is 15.5 Å². The normalized spacial score (nSPS) is 10.7. The van der Waals surface area contributed by atoms with Crippen molar-refractivity contribution in [2.75, 3.05) is 5.75 Å². The predicted molar refractivity (Wildman–Crippen MR) is 92.0 cm³/mol. The molecule has 2 aromatic heterocycles. The Hall–Kier alpha value is -2.54. The summed E-state index contributed by atoms with van der Waals surface area (Å²) in [5.41, 5.74) is 1.02. The van der Waals surface area contributed by atoms with Crippen LogP contribution in [0.1, 0.15) is 18.0 Å². The second kappa shape index (κ2) is 7.83. The molecule has 0 saturated heterocycles. The summed E-state index contributed by atoms with van der Waals surface area (Å²) in [7, 11) is 0. The third kappa shape index (κ3) is 4.05. The molecular formula is C17H18N4O2S. The molecule has 1 aromatic carbocycles. The van der Waals surface area contributed by atoms with E-state index in [4.69, 9.17) is 4.42 Å². The average Bonchev–Trinajstić information content (AvgIpc) is 3.24. The van der Waals surface area contributed by atoms with Crippen LogP contribution in [0.15, 0.2) is 58.3 Å². The first kappa shape index (κ1) is 16.3. The number of hydrogen-bond acceptors (Lipinski definition) is 5. The third-order valence-electron chi connectivity index (χ3n) is 3.41. The summed E-state index contributed by atoms with van der Waals surface area (Å²) in [6, 6.07) is 13.6. The number of nitrogens with one attached hydrogen (secondary N) is 1. The van der Waals surface area contributed by atoms with E-state index in [1.54, 1.807) is 12.3 Å². The molecule has 0 bridgehead atoms. The number of carbonyl (C=O) groups is 1. The zero-order valence-corrected chi connectivity index (χ0v) is 14.1. The molecule has 124 valence electrons. The molecule has 3 rings (SSSR count). The van der Waals surface area contributed by atoms with E-state index < -0.39 is 0 Å². The minimum absolute atomic E-state index is 0.0126. The van der Waals surface area contributed by atoms with E-state index >= 15 is 0 Å². The summed E-state index contributed by atoms with van der Waals surface area (Å²) >= 11 is 1.52. The molecule has 6 nitrogen and oxygen atoms in total. The second-order valence-electron chi connectivity index (χ2n) is 5.16. The fourth-order valence-corrected chi connectivity index (χ4v) is 3.17. The number of aromatic nitrogens is 3. The molecule has 0 aliphatic carbocycles. The van der Waals surface area contributed by atoms with Gasteiger partial charge in [0.2, 0.25) is 5.91 Å². The van der Waals surface area contributed by atoms with Gasteiger partial charge in [-0.2, -0.15) is 0 Å². The fourth-order valence-electron chi connectivity index (χ4n) is 2.23. The highest BCUT2D eigenvalue weighted by atomic mass is 32.2. The van der Waals surface area contributed by atoms with Crippen LogP contribution in [0.4, 0.5) is 0 Å². The molecule has 0 unspecified atom stereocenters. The Morgan fingerprint density at radius 1 is 1.21 bits per heavy atom. The first-order valence-corrected chi connectivity index (χ1v) is 8.62. The van der Waals surface area contributed by atoms with E-state index in [0.717, 1.165) is 22.4 Å². The van der Waals surface area contributed by atoms with Gasteiger partial charge in [-0.1, -0.05) is 30.0 Å². The average molecular weight is 342 g/mol. The van der Waals surface area contributed by atoms with Gasteiger partial charge in [-0.15, -0.1) is 10.2 Å². The van der Waals surface area contributed by atoms with Crippen molar-refractivity contribution in [2.24, 2.45) is 0 Å². The largest absolute Gasteiger partial charge is 0.467 e. The fraction of sp³-hybridized carbons (Fsp3) is 0.235. The Morgan fingerprint density at radius 3 is 2.79 bits per heavy atom. The lowest BCUT2D eigenvalue weighted by molar-refractivity contribution is -0.120. The topological polar surface area (TPSA) is 73.0 Å². The van der Waals surface area contributed by atoms with Gasteiger partial charge in [0.25, 0.3) is 0 Å². The molecule has 0 fully saturated rings. The number of amides is 1. The van der Waals surface area contributed by atoms with Gasteiger partial charge >= 0.3 is 0 Å². The molecular weight excluding hydrogens is 324 g/mol. The molecule has 24 heavy (non-hydrogen) atoms. The van der Waals surface area contributed by atoms with Gasteiger partial charge in [0.15, 0.2) is 5.16 Å². The molecule has 7 heteroatoms. The van der Waals surface area contributed by atoms with Gasteiger partial charge in [0.1, 0.15) is 11.6 Å². The predicted octanol–water partition coefficient (Wildman–Crippen LogP) is 2.97. The van der Waals surface area contributed by atoms with Crippen molar-refractivity contribution < 1.29 is 9.21 Å². The van der Waals surface area contributed by atoms with E-state index in [0.29, 0.717) is 18.7 Å². The smallest absolute Gasteiger partial charge is 0.221 e. The van der Waals surface area contributed by atoms with Crippen molar-refractivity contribution in [1.82, 2.24) is 20.1 Å². The first-order valence-electron chi connectivity index (χ1n) is 7.63. The number of aryl methyl sites for hydroxylation is 1. The molecule has 0 aliphatic heterocycles. The van der Waals surface area contributed by atoms with E-state index in [1.165, 1.54) is 11.8 Å². The summed E-state index contributed by atoms with van der Waals surface area (Å²) in [4.78, 5) is 11.9. The van der Waals surface area contributed by atoms with E-state index in [9.17, 15) is 4.79 Å². The number of carbonyl (C=O) groups excluding carboxylic acids is 1. The molecule has 0 saturated carbocycles. The van der Waals surface area contributed by atoms with Gasteiger partial charge in [-0.05, 0) is 31.2 Å². The van der Waals surface area contributed by atoms with Crippen LogP contribution in [0.3, 0.4) is 0 Å². The quantitative estimate of drug-likeness (QED) is 0.668. The molecule has 0 atom stereocenters. The lowest BCUT2D eigenvalue weighted by atomic mass is 10.3. The zero-order valence-electron chi connectivity index (χ0n) is 13.3. The minimum Gasteiger partial charge on any atom is -0.467 e. The number of para-hydroxylation sites is 1. The number of nitrogens with zero attached hydrogens (tertiary/aromatic N) is 3. The molecule has 0 radical (unpaired) electrons. The zero-order chi connectivity index (χ0) is 16.8. The first-order chi connectivity index (χ1) is 11.7. The van der Waals surface area contributed by atoms with E-state index in [1.807, 2.05) is 47.9 Å². The van der Waals surface area contributed by atoms with Crippen LogP contribution in [-0.2, 0) is 11.3 Å². The lowest BCUT2D eigenvalue weighted by Crippen LogP contribution is -2.22. The number of rotatable bonds is 7. The number of hydrogen-bond donors (Lipinski definition) is 1. The van der Waals surface area contributed by atoms with Crippen LogP contribution in [0.2, 0.25) is 0 Å². The Morgan fingerprint density at radius 2 is 2.04 bits per heavy atom. The van der Waals surface area contributed by atoms with Gasteiger partial charge < -0.3 is 9.73 Å². The molecule has 1 amide bonds. The summed E-state index contributed by atoms with van der Waals surface area (Å²) in [5.74, 6) is 2.19. The summed E-state index contributed by atoms with van der Waals surface area (Å²) in [6.45, 7) is 2.33. The SMILES string of the molecule is Cc1nnc(SCCC(=O)NCc2ccco2)n1-c1ccccc1. The van der Waals surface area contributed by atoms with Gasteiger partial charge in [-0.3, -0.25) is 9.36 Å². The van der Waals surface area contributed by atoms with Crippen molar-refractivity contribution >= 4 is 17.7 Å². The molecule has 0 aliphatic rings. The molecule has 2 heterocycles. The summed E-state index contributed by atoms with van der Waals surface area (Å²) < 4.78 is 7.18. The van der Waals surface area contributed by atoms with Crippen molar-refractivity contribution in [3.05, 3.63) is 60.3 Å². The monoisotopic (exact) mass is 342 g/mol. The summed E-state index contributed by atoms with van der Waals surface area (Å²) in [6.07, 6.45) is 2.00. The van der Waals surface area contributed by atoms with Crippen molar-refractivity contribution in [3.8, 4) is 5.69 Å². The molecule has 1 N–H and O–H groups in total. The minimum atomic E-state index is -0.0126. The van der Waals surface area contributed by atoms with Crippen LogP contribution in [0, 0.1) is 6.92 Å². The maximum absolute atomic E-state index is 11.9. The maximum atomic E-state index is 11.9. The highest BCUT2D eigenvalue weighted by molar-refractivity contribution is 7.99. The summed E-state index contributed by atoms with van der Waals surface area (Å²) in [5, 5.41) is 12.0. The van der Waals surface area contributed by atoms with Crippen molar-refractivity contribution in [2.45, 2.75) is 25.0 Å². The lowest BCUT2D eigenvalue weighted by Gasteiger charge is -2.08. The van der Waals surface area contributed by atoms with Gasteiger partial charge in [0.05, 0.1) is 12.8 Å². The van der Waals surface area contributed by atoms with Crippen molar-refractivity contribution in [3.63, 3.8) is 0 Å². The third-order valence-corrected chi connectivity index (χ3v) is 4.34. The number of thioether (sulfide) groups is 1. The number of furan rings is 1. The maximum Gasteiger partial charge on any atom is 0.221 e. The Balaban J connectivity index is 1.53. The van der Waals surface area contributed by atoms with Crippen LogP contribution >= 0.6 is 11.8 Å².